The fraction of sp³-hybridized carbons (Fsp3) is 0.667. The molecule has 0 amide bonds. The lowest BCUT2D eigenvalue weighted by molar-refractivity contribution is 0.351. The summed E-state index contributed by atoms with van der Waals surface area (Å²) in [5.74, 6) is 2.64. The normalized spacial score (nSPS) is 20.7. The van der Waals surface area contributed by atoms with E-state index >= 15 is 0 Å². The summed E-state index contributed by atoms with van der Waals surface area (Å²) in [6.45, 7) is 7.22. The van der Waals surface area contributed by atoms with E-state index in [1.165, 1.54) is 19.3 Å². The molecule has 0 aromatic carbocycles. The van der Waals surface area contributed by atoms with Gasteiger partial charge in [0.05, 0.1) is 10.7 Å². The fourth-order valence-electron chi connectivity index (χ4n) is 2.81. The molecule has 2 N–H and O–H groups in total. The predicted molar refractivity (Wildman–Crippen MR) is 81.5 cm³/mol. The van der Waals surface area contributed by atoms with Crippen molar-refractivity contribution < 1.29 is 0 Å². The highest BCUT2D eigenvalue weighted by molar-refractivity contribution is 6.31. The van der Waals surface area contributed by atoms with E-state index in [1.807, 2.05) is 12.1 Å². The number of nitrogens with zero attached hydrogens (tertiary/aromatic N) is 2. The molecule has 4 heteroatoms. The minimum Gasteiger partial charge on any atom is -0.357 e. The highest BCUT2D eigenvalue weighted by Gasteiger charge is 2.20. The largest absolute Gasteiger partial charge is 0.357 e. The van der Waals surface area contributed by atoms with Crippen molar-refractivity contribution in [2.75, 3.05) is 18.0 Å². The van der Waals surface area contributed by atoms with E-state index < -0.39 is 0 Å². The van der Waals surface area contributed by atoms with Crippen molar-refractivity contribution >= 4 is 17.4 Å². The zero-order chi connectivity index (χ0) is 13.8. The van der Waals surface area contributed by atoms with E-state index in [1.54, 1.807) is 0 Å². The van der Waals surface area contributed by atoms with Gasteiger partial charge in [-0.1, -0.05) is 25.4 Å². The van der Waals surface area contributed by atoms with Crippen LogP contribution in [0.1, 0.15) is 38.8 Å². The van der Waals surface area contributed by atoms with Crippen molar-refractivity contribution in [3.8, 4) is 0 Å². The molecular weight excluding hydrogens is 258 g/mol. The molecule has 0 aliphatic carbocycles. The lowest BCUT2D eigenvalue weighted by Gasteiger charge is -2.23. The Morgan fingerprint density at radius 3 is 2.84 bits per heavy atom. The second kappa shape index (κ2) is 6.58. The van der Waals surface area contributed by atoms with Gasteiger partial charge >= 0.3 is 0 Å². The number of nitrogens with two attached hydrogens (primary N) is 1. The van der Waals surface area contributed by atoms with Gasteiger partial charge in [-0.2, -0.15) is 0 Å². The highest BCUT2D eigenvalue weighted by atomic mass is 35.5. The first-order chi connectivity index (χ1) is 9.11. The summed E-state index contributed by atoms with van der Waals surface area (Å²) in [7, 11) is 0. The predicted octanol–water partition coefficient (Wildman–Crippen LogP) is 3.46. The molecule has 106 valence electrons. The van der Waals surface area contributed by atoms with E-state index in [0.29, 0.717) is 11.6 Å². The van der Waals surface area contributed by atoms with Gasteiger partial charge in [0.25, 0.3) is 0 Å². The van der Waals surface area contributed by atoms with Crippen molar-refractivity contribution in [2.45, 2.75) is 39.7 Å². The van der Waals surface area contributed by atoms with Crippen molar-refractivity contribution in [1.82, 2.24) is 4.98 Å². The summed E-state index contributed by atoms with van der Waals surface area (Å²) in [6.07, 6.45) is 3.82. The summed E-state index contributed by atoms with van der Waals surface area (Å²) >= 11 is 6.07. The van der Waals surface area contributed by atoms with Crippen LogP contribution < -0.4 is 10.6 Å². The molecule has 1 aliphatic heterocycles. The van der Waals surface area contributed by atoms with Crippen LogP contribution in [0.4, 0.5) is 5.82 Å². The fourth-order valence-corrected chi connectivity index (χ4v) is 2.99. The van der Waals surface area contributed by atoms with Crippen LogP contribution in [0.25, 0.3) is 0 Å². The molecule has 1 unspecified atom stereocenters. The molecule has 2 rings (SSSR count). The topological polar surface area (TPSA) is 42.1 Å². The molecule has 1 atom stereocenters. The third-order valence-electron chi connectivity index (χ3n) is 4.14. The van der Waals surface area contributed by atoms with Crippen LogP contribution in [0.3, 0.4) is 0 Å². The Hall–Kier alpha value is -0.800. The average Bonchev–Trinajstić information content (AvgIpc) is 2.65. The molecule has 0 bridgehead atoms. The molecule has 19 heavy (non-hydrogen) atoms. The van der Waals surface area contributed by atoms with Gasteiger partial charge in [0.2, 0.25) is 0 Å². The minimum atomic E-state index is 0.398. The van der Waals surface area contributed by atoms with Crippen molar-refractivity contribution in [3.05, 3.63) is 22.8 Å². The van der Waals surface area contributed by atoms with Gasteiger partial charge in [-0.05, 0) is 43.2 Å². The van der Waals surface area contributed by atoms with Crippen LogP contribution in [-0.4, -0.2) is 18.1 Å². The molecule has 0 radical (unpaired) electrons. The maximum Gasteiger partial charge on any atom is 0.128 e. The van der Waals surface area contributed by atoms with Crippen LogP contribution in [0.5, 0.6) is 0 Å². The molecular formula is C15H24ClN3. The maximum atomic E-state index is 6.07. The zero-order valence-electron chi connectivity index (χ0n) is 11.9. The summed E-state index contributed by atoms with van der Waals surface area (Å²) in [5, 5.41) is 0.668. The first-order valence-corrected chi connectivity index (χ1v) is 7.60. The lowest BCUT2D eigenvalue weighted by atomic mass is 9.89. The molecule has 0 spiro atoms. The number of pyridine rings is 1. The first kappa shape index (κ1) is 14.6. The second-order valence-corrected chi connectivity index (χ2v) is 6.13. The monoisotopic (exact) mass is 281 g/mol. The zero-order valence-corrected chi connectivity index (χ0v) is 12.7. The Bertz CT molecular complexity index is 420. The van der Waals surface area contributed by atoms with Crippen molar-refractivity contribution in [1.29, 1.82) is 0 Å². The Kier molecular flexibility index (Phi) is 5.06. The Balaban J connectivity index is 2.09. The number of halogens is 1. The van der Waals surface area contributed by atoms with Crippen LogP contribution in [0.15, 0.2) is 12.1 Å². The number of anilines is 1. The minimum absolute atomic E-state index is 0.398. The SMILES string of the molecule is CC(C)C1CCCN(c2ccc(Cl)c(CN)n2)CC1. The van der Waals surface area contributed by atoms with Gasteiger partial charge in [0, 0.05) is 19.6 Å². The Labute approximate surface area is 121 Å². The second-order valence-electron chi connectivity index (χ2n) is 5.72. The highest BCUT2D eigenvalue weighted by Crippen LogP contribution is 2.27. The van der Waals surface area contributed by atoms with E-state index in [2.05, 4.69) is 23.7 Å². The number of hydrogen-bond acceptors (Lipinski definition) is 3. The summed E-state index contributed by atoms with van der Waals surface area (Å²) in [6, 6.07) is 3.92. The van der Waals surface area contributed by atoms with Crippen molar-refractivity contribution in [3.63, 3.8) is 0 Å². The third kappa shape index (κ3) is 3.61. The summed E-state index contributed by atoms with van der Waals surface area (Å²) in [5.41, 5.74) is 6.47. The first-order valence-electron chi connectivity index (χ1n) is 7.22. The standard InChI is InChI=1S/C15H24ClN3/c1-11(2)12-4-3-8-19(9-7-12)15-6-5-13(16)14(10-17)18-15/h5-6,11-12H,3-4,7-10,17H2,1-2H3. The quantitative estimate of drug-likeness (QED) is 0.923. The van der Waals surface area contributed by atoms with Gasteiger partial charge in [-0.15, -0.1) is 0 Å². The number of aromatic nitrogens is 1. The Morgan fingerprint density at radius 2 is 2.16 bits per heavy atom. The number of rotatable bonds is 3. The van der Waals surface area contributed by atoms with Gasteiger partial charge in [-0.3, -0.25) is 0 Å². The van der Waals surface area contributed by atoms with E-state index in [-0.39, 0.29) is 0 Å². The number of hydrogen-bond donors (Lipinski definition) is 1. The lowest BCUT2D eigenvalue weighted by Crippen LogP contribution is -2.26. The van der Waals surface area contributed by atoms with Crippen molar-refractivity contribution in [2.24, 2.45) is 17.6 Å². The molecule has 3 nitrogen and oxygen atoms in total. The maximum absolute atomic E-state index is 6.07. The third-order valence-corrected chi connectivity index (χ3v) is 4.48. The molecule has 1 fully saturated rings. The average molecular weight is 282 g/mol. The summed E-state index contributed by atoms with van der Waals surface area (Å²) in [4.78, 5) is 6.97. The van der Waals surface area contributed by atoms with E-state index in [4.69, 9.17) is 17.3 Å². The van der Waals surface area contributed by atoms with Gasteiger partial charge < -0.3 is 10.6 Å². The molecule has 1 saturated heterocycles. The molecule has 1 aromatic rings. The molecule has 1 aromatic heterocycles. The van der Waals surface area contributed by atoms with E-state index in [9.17, 15) is 0 Å². The van der Waals surface area contributed by atoms with Gasteiger partial charge in [0.15, 0.2) is 0 Å². The van der Waals surface area contributed by atoms with E-state index in [0.717, 1.165) is 36.4 Å². The van der Waals surface area contributed by atoms with Crippen LogP contribution >= 0.6 is 11.6 Å². The van der Waals surface area contributed by atoms with Gasteiger partial charge in [0.1, 0.15) is 5.82 Å². The smallest absolute Gasteiger partial charge is 0.128 e. The molecule has 1 aliphatic rings. The summed E-state index contributed by atoms with van der Waals surface area (Å²) < 4.78 is 0. The van der Waals surface area contributed by atoms with Gasteiger partial charge in [-0.25, -0.2) is 4.98 Å². The van der Waals surface area contributed by atoms with Crippen LogP contribution in [0, 0.1) is 11.8 Å². The molecule has 2 heterocycles. The molecule has 0 saturated carbocycles. The van der Waals surface area contributed by atoms with Crippen LogP contribution in [-0.2, 0) is 6.54 Å². The van der Waals surface area contributed by atoms with Crippen LogP contribution in [0.2, 0.25) is 5.02 Å². The Morgan fingerprint density at radius 1 is 1.37 bits per heavy atom.